The van der Waals surface area contributed by atoms with E-state index in [0.717, 1.165) is 44.6 Å². The number of carbonyl (C=O) groups excluding carboxylic acids is 1. The van der Waals surface area contributed by atoms with Gasteiger partial charge in [0.1, 0.15) is 0 Å². The lowest BCUT2D eigenvalue weighted by Gasteiger charge is -2.29. The molecule has 1 aromatic rings. The second kappa shape index (κ2) is 7.82. The summed E-state index contributed by atoms with van der Waals surface area (Å²) >= 11 is 0. The minimum atomic E-state index is -0.412. The molecule has 1 N–H and O–H groups in total. The predicted octanol–water partition coefficient (Wildman–Crippen LogP) is 2.93. The molecule has 2 aliphatic rings. The first-order chi connectivity index (χ1) is 12.0. The van der Waals surface area contributed by atoms with Crippen LogP contribution in [-0.4, -0.2) is 53.0 Å². The van der Waals surface area contributed by atoms with Gasteiger partial charge in [-0.25, -0.2) is 4.79 Å². The number of carbonyl (C=O) groups is 1. The number of non-ortho nitro benzene ring substituents is 1. The lowest BCUT2D eigenvalue weighted by Crippen LogP contribution is -2.47. The van der Waals surface area contributed by atoms with Crippen LogP contribution < -0.4 is 5.32 Å². The van der Waals surface area contributed by atoms with Crippen LogP contribution in [0.5, 0.6) is 0 Å². The van der Waals surface area contributed by atoms with Crippen molar-refractivity contribution in [2.24, 2.45) is 0 Å². The monoisotopic (exact) mass is 346 g/mol. The Morgan fingerprint density at radius 3 is 2.80 bits per heavy atom. The quantitative estimate of drug-likeness (QED) is 0.657. The zero-order valence-corrected chi connectivity index (χ0v) is 14.7. The lowest BCUT2D eigenvalue weighted by molar-refractivity contribution is -0.384. The van der Waals surface area contributed by atoms with Crippen LogP contribution in [0.25, 0.3) is 0 Å². The smallest absolute Gasteiger partial charge is 0.318 e. The highest BCUT2D eigenvalue weighted by molar-refractivity contribution is 5.75. The highest BCUT2D eigenvalue weighted by Crippen LogP contribution is 2.23. The Balaban J connectivity index is 1.60. The highest BCUT2D eigenvalue weighted by atomic mass is 16.6. The summed E-state index contributed by atoms with van der Waals surface area (Å²) in [6, 6.07) is 6.39. The van der Waals surface area contributed by atoms with E-state index >= 15 is 0 Å². The van der Waals surface area contributed by atoms with Crippen molar-refractivity contribution in [3.8, 4) is 0 Å². The molecule has 2 atom stereocenters. The van der Waals surface area contributed by atoms with Crippen molar-refractivity contribution in [2.45, 2.75) is 44.7 Å². The number of amides is 2. The summed E-state index contributed by atoms with van der Waals surface area (Å²) in [6.07, 6.45) is 4.59. The molecule has 7 heteroatoms. The molecule has 2 heterocycles. The Kier molecular flexibility index (Phi) is 5.53. The summed E-state index contributed by atoms with van der Waals surface area (Å²) in [5.74, 6) is 0. The summed E-state index contributed by atoms with van der Waals surface area (Å²) in [6.45, 7) is 5.87. The van der Waals surface area contributed by atoms with Gasteiger partial charge in [-0.2, -0.15) is 0 Å². The third-order valence-electron chi connectivity index (χ3n) is 5.23. The Morgan fingerprint density at radius 1 is 1.32 bits per heavy atom. The first-order valence-corrected chi connectivity index (χ1v) is 9.08. The molecular weight excluding hydrogens is 320 g/mol. The van der Waals surface area contributed by atoms with Crippen LogP contribution in [0.1, 0.15) is 44.2 Å². The largest absolute Gasteiger partial charge is 0.331 e. The number of hydrogen-bond acceptors (Lipinski definition) is 4. The van der Waals surface area contributed by atoms with E-state index in [4.69, 9.17) is 0 Å². The predicted molar refractivity (Wildman–Crippen MR) is 95.4 cm³/mol. The number of nitrogens with zero attached hydrogens (tertiary/aromatic N) is 3. The molecule has 0 saturated carbocycles. The van der Waals surface area contributed by atoms with Gasteiger partial charge in [0.25, 0.3) is 5.69 Å². The maximum atomic E-state index is 12.7. The van der Waals surface area contributed by atoms with Crippen LogP contribution in [-0.2, 0) is 0 Å². The Hall–Kier alpha value is -2.15. The van der Waals surface area contributed by atoms with E-state index < -0.39 is 4.92 Å². The van der Waals surface area contributed by atoms with Crippen molar-refractivity contribution in [2.75, 3.05) is 26.2 Å². The maximum absolute atomic E-state index is 12.7. The second-order valence-corrected chi connectivity index (χ2v) is 7.02. The molecule has 0 radical (unpaired) electrons. The van der Waals surface area contributed by atoms with E-state index in [0.29, 0.717) is 0 Å². The van der Waals surface area contributed by atoms with Gasteiger partial charge in [0.15, 0.2) is 0 Å². The third-order valence-corrected chi connectivity index (χ3v) is 5.23. The SMILES string of the molecule is C[C@@H](NC(=O)N1CCC[C@@H]1CN1CCCC1)c1cccc([N+](=O)[O-])c1. The number of hydrogen-bond donors (Lipinski definition) is 1. The van der Waals surface area contributed by atoms with Gasteiger partial charge < -0.3 is 15.1 Å². The van der Waals surface area contributed by atoms with Crippen LogP contribution in [0.3, 0.4) is 0 Å². The molecule has 7 nitrogen and oxygen atoms in total. The van der Waals surface area contributed by atoms with Gasteiger partial charge in [-0.1, -0.05) is 12.1 Å². The zero-order valence-electron chi connectivity index (χ0n) is 14.7. The molecule has 25 heavy (non-hydrogen) atoms. The number of nitro groups is 1. The van der Waals surface area contributed by atoms with Crippen LogP contribution in [0.2, 0.25) is 0 Å². The first kappa shape index (κ1) is 17.7. The molecule has 1 aromatic carbocycles. The molecule has 2 amide bonds. The van der Waals surface area contributed by atoms with E-state index in [-0.39, 0.29) is 23.8 Å². The molecule has 0 aliphatic carbocycles. The fraction of sp³-hybridized carbons (Fsp3) is 0.611. The molecule has 2 fully saturated rings. The van der Waals surface area contributed by atoms with E-state index in [1.54, 1.807) is 6.07 Å². The molecule has 3 rings (SSSR count). The number of benzene rings is 1. The standard InChI is InChI=1S/C18H26N4O3/c1-14(15-6-4-7-16(12-15)22(24)25)19-18(23)21-11-5-8-17(21)13-20-9-2-3-10-20/h4,6-7,12,14,17H,2-3,5,8-11,13H2,1H3,(H,19,23)/t14-,17-/m1/s1. The minimum Gasteiger partial charge on any atom is -0.331 e. The van der Waals surface area contributed by atoms with Gasteiger partial charge in [0, 0.05) is 31.3 Å². The Labute approximate surface area is 148 Å². The van der Waals surface area contributed by atoms with E-state index in [2.05, 4.69) is 10.2 Å². The fourth-order valence-electron chi connectivity index (χ4n) is 3.82. The van der Waals surface area contributed by atoms with Gasteiger partial charge in [0.05, 0.1) is 11.0 Å². The molecule has 0 unspecified atom stereocenters. The molecule has 2 saturated heterocycles. The van der Waals surface area contributed by atoms with E-state index in [1.165, 1.54) is 25.0 Å². The Morgan fingerprint density at radius 2 is 2.08 bits per heavy atom. The topological polar surface area (TPSA) is 78.7 Å². The minimum absolute atomic E-state index is 0.0479. The number of rotatable bonds is 5. The highest BCUT2D eigenvalue weighted by Gasteiger charge is 2.31. The van der Waals surface area contributed by atoms with Crippen LogP contribution in [0.15, 0.2) is 24.3 Å². The zero-order chi connectivity index (χ0) is 17.8. The number of nitrogens with one attached hydrogen (secondary N) is 1. The van der Waals surface area contributed by atoms with Gasteiger partial charge in [-0.3, -0.25) is 10.1 Å². The summed E-state index contributed by atoms with van der Waals surface area (Å²) in [4.78, 5) is 27.6. The van der Waals surface area contributed by atoms with Crippen molar-refractivity contribution >= 4 is 11.7 Å². The van der Waals surface area contributed by atoms with Crippen molar-refractivity contribution in [3.05, 3.63) is 39.9 Å². The van der Waals surface area contributed by atoms with Crippen molar-refractivity contribution in [1.82, 2.24) is 15.1 Å². The third kappa shape index (κ3) is 4.28. The average molecular weight is 346 g/mol. The fourth-order valence-corrected chi connectivity index (χ4v) is 3.82. The van der Waals surface area contributed by atoms with Crippen LogP contribution in [0, 0.1) is 10.1 Å². The van der Waals surface area contributed by atoms with E-state index in [1.807, 2.05) is 17.9 Å². The maximum Gasteiger partial charge on any atom is 0.318 e. The molecule has 0 spiro atoms. The first-order valence-electron chi connectivity index (χ1n) is 9.08. The molecular formula is C18H26N4O3. The molecule has 0 aromatic heterocycles. The normalized spacial score (nSPS) is 22.1. The Bertz CT molecular complexity index is 631. The molecule has 136 valence electrons. The number of nitro benzene ring substituents is 1. The van der Waals surface area contributed by atoms with Crippen molar-refractivity contribution in [1.29, 1.82) is 0 Å². The van der Waals surface area contributed by atoms with Crippen molar-refractivity contribution < 1.29 is 9.72 Å². The van der Waals surface area contributed by atoms with Crippen LogP contribution in [0.4, 0.5) is 10.5 Å². The molecule has 2 aliphatic heterocycles. The second-order valence-electron chi connectivity index (χ2n) is 7.02. The van der Waals surface area contributed by atoms with Gasteiger partial charge in [0.2, 0.25) is 0 Å². The summed E-state index contributed by atoms with van der Waals surface area (Å²) in [7, 11) is 0. The number of likely N-dealkylation sites (tertiary alicyclic amines) is 2. The van der Waals surface area contributed by atoms with E-state index in [9.17, 15) is 14.9 Å². The van der Waals surface area contributed by atoms with Gasteiger partial charge in [-0.15, -0.1) is 0 Å². The number of urea groups is 1. The van der Waals surface area contributed by atoms with Gasteiger partial charge in [-0.05, 0) is 51.3 Å². The molecule has 0 bridgehead atoms. The van der Waals surface area contributed by atoms with Gasteiger partial charge >= 0.3 is 6.03 Å². The summed E-state index contributed by atoms with van der Waals surface area (Å²) in [5, 5.41) is 13.9. The van der Waals surface area contributed by atoms with Crippen molar-refractivity contribution in [3.63, 3.8) is 0 Å². The lowest BCUT2D eigenvalue weighted by atomic mass is 10.1. The summed E-state index contributed by atoms with van der Waals surface area (Å²) < 4.78 is 0. The average Bonchev–Trinajstić information content (AvgIpc) is 3.27. The van der Waals surface area contributed by atoms with Crippen LogP contribution >= 0.6 is 0 Å². The summed E-state index contributed by atoms with van der Waals surface area (Å²) in [5.41, 5.74) is 0.796.